The number of hydrogen-bond acceptors (Lipinski definition) is 4. The Kier molecular flexibility index (Phi) is 4.61. The molecule has 27 heavy (non-hydrogen) atoms. The van der Waals surface area contributed by atoms with Crippen LogP contribution in [0.5, 0.6) is 0 Å². The van der Waals surface area contributed by atoms with E-state index in [1.165, 1.54) is 12.4 Å². The van der Waals surface area contributed by atoms with E-state index in [2.05, 4.69) is 15.3 Å². The van der Waals surface area contributed by atoms with E-state index < -0.39 is 0 Å². The van der Waals surface area contributed by atoms with Crippen molar-refractivity contribution in [2.24, 2.45) is 0 Å². The average molecular weight is 358 g/mol. The van der Waals surface area contributed by atoms with E-state index in [4.69, 9.17) is 0 Å². The summed E-state index contributed by atoms with van der Waals surface area (Å²) >= 11 is 0. The first-order valence-corrected chi connectivity index (χ1v) is 8.75. The molecule has 1 aromatic carbocycles. The molecule has 2 amide bonds. The predicted octanol–water partition coefficient (Wildman–Crippen LogP) is 2.61. The summed E-state index contributed by atoms with van der Waals surface area (Å²) in [5.74, 6) is -0.434. The number of carbonyl (C=O) groups is 2. The van der Waals surface area contributed by atoms with Crippen LogP contribution in [0.1, 0.15) is 32.0 Å². The molecule has 3 aromatic rings. The molecule has 6 nitrogen and oxygen atoms in total. The summed E-state index contributed by atoms with van der Waals surface area (Å²) in [6, 6.07) is 15.0. The summed E-state index contributed by atoms with van der Waals surface area (Å²) in [7, 11) is 0. The van der Waals surface area contributed by atoms with Gasteiger partial charge in [0.1, 0.15) is 0 Å². The number of para-hydroxylation sites is 1. The van der Waals surface area contributed by atoms with Gasteiger partial charge in [0.05, 0.1) is 23.4 Å². The minimum Gasteiger partial charge on any atom is -0.346 e. The van der Waals surface area contributed by atoms with Gasteiger partial charge in [0.25, 0.3) is 11.8 Å². The van der Waals surface area contributed by atoms with Crippen molar-refractivity contribution in [3.63, 3.8) is 0 Å². The third kappa shape index (κ3) is 3.55. The molecule has 0 unspecified atom stereocenters. The van der Waals surface area contributed by atoms with E-state index in [0.717, 1.165) is 23.4 Å². The first-order valence-electron chi connectivity index (χ1n) is 8.75. The van der Waals surface area contributed by atoms with E-state index in [0.29, 0.717) is 24.2 Å². The zero-order chi connectivity index (χ0) is 18.6. The molecule has 0 saturated heterocycles. The lowest BCUT2D eigenvalue weighted by Crippen LogP contribution is -2.29. The Morgan fingerprint density at radius 2 is 1.85 bits per heavy atom. The number of nitrogens with one attached hydrogen (secondary N) is 1. The molecule has 1 N–H and O–H groups in total. The summed E-state index contributed by atoms with van der Waals surface area (Å²) in [6.07, 6.45) is 5.47. The highest BCUT2D eigenvalue weighted by molar-refractivity contribution is 6.08. The SMILES string of the molecule is O=C(NCc1ccccn1)c1cncc(C(=O)N2CCc3ccccc32)c1. The quantitative estimate of drug-likeness (QED) is 0.778. The van der Waals surface area contributed by atoms with Gasteiger partial charge in [0.2, 0.25) is 0 Å². The van der Waals surface area contributed by atoms with E-state index >= 15 is 0 Å². The zero-order valence-corrected chi connectivity index (χ0v) is 14.6. The predicted molar refractivity (Wildman–Crippen MR) is 101 cm³/mol. The fraction of sp³-hybridized carbons (Fsp3) is 0.143. The van der Waals surface area contributed by atoms with E-state index in [-0.39, 0.29) is 11.8 Å². The topological polar surface area (TPSA) is 75.2 Å². The Morgan fingerprint density at radius 3 is 2.70 bits per heavy atom. The van der Waals surface area contributed by atoms with Crippen molar-refractivity contribution >= 4 is 17.5 Å². The van der Waals surface area contributed by atoms with Gasteiger partial charge in [-0.2, -0.15) is 0 Å². The number of rotatable bonds is 4. The van der Waals surface area contributed by atoms with Crippen LogP contribution in [0.2, 0.25) is 0 Å². The van der Waals surface area contributed by atoms with Crippen LogP contribution < -0.4 is 10.2 Å². The Balaban J connectivity index is 1.49. The van der Waals surface area contributed by atoms with Gasteiger partial charge < -0.3 is 10.2 Å². The highest BCUT2D eigenvalue weighted by atomic mass is 16.2. The van der Waals surface area contributed by atoms with Crippen LogP contribution in [-0.2, 0) is 13.0 Å². The van der Waals surface area contributed by atoms with Crippen LogP contribution in [0.25, 0.3) is 0 Å². The summed E-state index contributed by atoms with van der Waals surface area (Å²) in [5.41, 5.74) is 3.59. The number of amides is 2. The Labute approximate surface area is 156 Å². The summed E-state index contributed by atoms with van der Waals surface area (Å²) in [6.45, 7) is 0.950. The number of aromatic nitrogens is 2. The zero-order valence-electron chi connectivity index (χ0n) is 14.6. The van der Waals surface area contributed by atoms with Gasteiger partial charge in [-0.15, -0.1) is 0 Å². The van der Waals surface area contributed by atoms with Crippen molar-refractivity contribution in [2.75, 3.05) is 11.4 Å². The van der Waals surface area contributed by atoms with Crippen LogP contribution in [0.3, 0.4) is 0 Å². The lowest BCUT2D eigenvalue weighted by atomic mass is 10.1. The summed E-state index contributed by atoms with van der Waals surface area (Å²) < 4.78 is 0. The second-order valence-corrected chi connectivity index (χ2v) is 6.30. The number of fused-ring (bicyclic) bond motifs is 1. The van der Waals surface area contributed by atoms with Gasteiger partial charge in [-0.1, -0.05) is 24.3 Å². The Morgan fingerprint density at radius 1 is 1.04 bits per heavy atom. The molecule has 0 saturated carbocycles. The van der Waals surface area contributed by atoms with Gasteiger partial charge >= 0.3 is 0 Å². The third-order valence-electron chi connectivity index (χ3n) is 4.54. The average Bonchev–Trinajstić information content (AvgIpc) is 3.16. The number of carbonyl (C=O) groups excluding carboxylic acids is 2. The van der Waals surface area contributed by atoms with E-state index in [1.54, 1.807) is 17.2 Å². The third-order valence-corrected chi connectivity index (χ3v) is 4.54. The fourth-order valence-corrected chi connectivity index (χ4v) is 3.16. The highest BCUT2D eigenvalue weighted by Crippen LogP contribution is 2.28. The minimum absolute atomic E-state index is 0.146. The maximum atomic E-state index is 12.9. The number of anilines is 1. The number of nitrogens with zero attached hydrogens (tertiary/aromatic N) is 3. The molecule has 3 heterocycles. The van der Waals surface area contributed by atoms with E-state index in [1.807, 2.05) is 42.5 Å². The molecule has 0 bridgehead atoms. The fourth-order valence-electron chi connectivity index (χ4n) is 3.16. The lowest BCUT2D eigenvalue weighted by molar-refractivity contribution is 0.0950. The second-order valence-electron chi connectivity index (χ2n) is 6.30. The van der Waals surface area contributed by atoms with Crippen LogP contribution >= 0.6 is 0 Å². The van der Waals surface area contributed by atoms with Gasteiger partial charge in [0, 0.05) is 30.8 Å². The lowest BCUT2D eigenvalue weighted by Gasteiger charge is -2.17. The Hall–Kier alpha value is -3.54. The number of benzene rings is 1. The first-order chi connectivity index (χ1) is 13.2. The first kappa shape index (κ1) is 16.9. The van der Waals surface area contributed by atoms with Crippen LogP contribution in [-0.4, -0.2) is 28.3 Å². The van der Waals surface area contributed by atoms with Crippen LogP contribution in [0.4, 0.5) is 5.69 Å². The normalized spacial score (nSPS) is 12.5. The van der Waals surface area contributed by atoms with E-state index in [9.17, 15) is 9.59 Å². The monoisotopic (exact) mass is 358 g/mol. The van der Waals surface area contributed by atoms with Crippen molar-refractivity contribution in [1.82, 2.24) is 15.3 Å². The van der Waals surface area contributed by atoms with Crippen molar-refractivity contribution in [2.45, 2.75) is 13.0 Å². The minimum atomic E-state index is -0.287. The molecule has 0 fully saturated rings. The molecule has 0 aliphatic carbocycles. The highest BCUT2D eigenvalue weighted by Gasteiger charge is 2.25. The van der Waals surface area contributed by atoms with Crippen molar-refractivity contribution < 1.29 is 9.59 Å². The van der Waals surface area contributed by atoms with Gasteiger partial charge in [-0.3, -0.25) is 19.6 Å². The molecule has 1 aliphatic rings. The molecule has 0 atom stereocenters. The molecule has 6 heteroatoms. The smallest absolute Gasteiger partial charge is 0.259 e. The maximum Gasteiger partial charge on any atom is 0.259 e. The molecule has 2 aromatic heterocycles. The molecular weight excluding hydrogens is 340 g/mol. The summed E-state index contributed by atoms with van der Waals surface area (Å²) in [5, 5.41) is 2.80. The molecule has 0 radical (unpaired) electrons. The van der Waals surface area contributed by atoms with Crippen LogP contribution in [0, 0.1) is 0 Å². The van der Waals surface area contributed by atoms with Crippen molar-refractivity contribution in [1.29, 1.82) is 0 Å². The van der Waals surface area contributed by atoms with Crippen molar-refractivity contribution in [3.05, 3.63) is 89.5 Å². The largest absolute Gasteiger partial charge is 0.346 e. The molecular formula is C21H18N4O2. The van der Waals surface area contributed by atoms with Crippen molar-refractivity contribution in [3.8, 4) is 0 Å². The van der Waals surface area contributed by atoms with Gasteiger partial charge in [0.15, 0.2) is 0 Å². The number of pyridine rings is 2. The number of hydrogen-bond donors (Lipinski definition) is 1. The second kappa shape index (κ2) is 7.37. The maximum absolute atomic E-state index is 12.9. The summed E-state index contributed by atoms with van der Waals surface area (Å²) in [4.78, 5) is 35.3. The van der Waals surface area contributed by atoms with Crippen LogP contribution in [0.15, 0.2) is 67.1 Å². The van der Waals surface area contributed by atoms with Gasteiger partial charge in [-0.05, 0) is 36.2 Å². The molecule has 4 rings (SSSR count). The molecule has 134 valence electrons. The molecule has 1 aliphatic heterocycles. The molecule has 0 spiro atoms. The Bertz CT molecular complexity index is 988. The standard InChI is InChI=1S/C21H18N4O2/c26-20(24-14-18-6-3-4-9-23-18)16-11-17(13-22-12-16)21(27)25-10-8-15-5-1-2-7-19(15)25/h1-7,9,11-13H,8,10,14H2,(H,24,26). The van der Waals surface area contributed by atoms with Gasteiger partial charge in [-0.25, -0.2) is 0 Å².